The van der Waals surface area contributed by atoms with E-state index in [-0.39, 0.29) is 6.04 Å². The maximum Gasteiger partial charge on any atom is 0.0424 e. The Balaban J connectivity index is 1.98. The molecular weight excluding hydrogens is 256 g/mol. The molecule has 4 atom stereocenters. The number of rotatable bonds is 5. The standard InChI is InChI=1S/C19H32N2/c1-5-6-17-7-9-18(10-8-17)19(20)13-21-12-14(2)11-15(3)16(21)4/h7-10,14-16,19H,5-6,11-13,20H2,1-4H3. The van der Waals surface area contributed by atoms with Gasteiger partial charge in [-0.1, -0.05) is 51.5 Å². The van der Waals surface area contributed by atoms with Crippen LogP contribution < -0.4 is 5.73 Å². The topological polar surface area (TPSA) is 29.3 Å². The normalized spacial score (nSPS) is 28.5. The Morgan fingerprint density at radius 3 is 2.48 bits per heavy atom. The summed E-state index contributed by atoms with van der Waals surface area (Å²) in [7, 11) is 0. The van der Waals surface area contributed by atoms with Crippen LogP contribution in [0.1, 0.15) is 57.7 Å². The van der Waals surface area contributed by atoms with Crippen LogP contribution in [0, 0.1) is 11.8 Å². The number of likely N-dealkylation sites (tertiary alicyclic amines) is 1. The van der Waals surface area contributed by atoms with E-state index in [2.05, 4.69) is 56.9 Å². The molecule has 1 aliphatic rings. The Hall–Kier alpha value is -0.860. The molecule has 0 amide bonds. The van der Waals surface area contributed by atoms with Gasteiger partial charge in [-0.2, -0.15) is 0 Å². The van der Waals surface area contributed by atoms with E-state index < -0.39 is 0 Å². The van der Waals surface area contributed by atoms with Gasteiger partial charge in [-0.3, -0.25) is 4.90 Å². The lowest BCUT2D eigenvalue weighted by Crippen LogP contribution is -2.48. The van der Waals surface area contributed by atoms with Gasteiger partial charge in [0.1, 0.15) is 0 Å². The average molecular weight is 288 g/mol. The summed E-state index contributed by atoms with van der Waals surface area (Å²) in [4.78, 5) is 2.59. The fourth-order valence-electron chi connectivity index (χ4n) is 3.65. The second-order valence-corrected chi connectivity index (χ2v) is 7.11. The molecule has 1 aromatic carbocycles. The molecule has 1 heterocycles. The third kappa shape index (κ3) is 4.31. The van der Waals surface area contributed by atoms with Crippen molar-refractivity contribution < 1.29 is 0 Å². The highest BCUT2D eigenvalue weighted by atomic mass is 15.2. The summed E-state index contributed by atoms with van der Waals surface area (Å²) in [6.07, 6.45) is 3.71. The van der Waals surface area contributed by atoms with Crippen molar-refractivity contribution in [2.75, 3.05) is 13.1 Å². The molecule has 0 bridgehead atoms. The molecule has 21 heavy (non-hydrogen) atoms. The quantitative estimate of drug-likeness (QED) is 0.887. The molecule has 0 saturated carbocycles. The van der Waals surface area contributed by atoms with Gasteiger partial charge in [0.2, 0.25) is 0 Å². The fourth-order valence-corrected chi connectivity index (χ4v) is 3.65. The first-order valence-electron chi connectivity index (χ1n) is 8.59. The third-order valence-electron chi connectivity index (χ3n) is 5.10. The van der Waals surface area contributed by atoms with Crippen LogP contribution in [0.3, 0.4) is 0 Å². The van der Waals surface area contributed by atoms with Crippen molar-refractivity contribution in [3.63, 3.8) is 0 Å². The molecule has 1 fully saturated rings. The molecule has 2 nitrogen and oxygen atoms in total. The number of nitrogens with zero attached hydrogens (tertiary/aromatic N) is 1. The summed E-state index contributed by atoms with van der Waals surface area (Å²) in [6.45, 7) is 11.5. The molecule has 0 spiro atoms. The molecule has 0 aliphatic carbocycles. The summed E-state index contributed by atoms with van der Waals surface area (Å²) in [5.74, 6) is 1.56. The van der Waals surface area contributed by atoms with Crippen LogP contribution in [0.5, 0.6) is 0 Å². The Bertz CT molecular complexity index is 426. The van der Waals surface area contributed by atoms with Crippen molar-refractivity contribution in [3.8, 4) is 0 Å². The second-order valence-electron chi connectivity index (χ2n) is 7.11. The van der Waals surface area contributed by atoms with Gasteiger partial charge in [0, 0.05) is 25.2 Å². The number of hydrogen-bond donors (Lipinski definition) is 1. The minimum absolute atomic E-state index is 0.126. The highest BCUT2D eigenvalue weighted by molar-refractivity contribution is 5.25. The zero-order valence-corrected chi connectivity index (χ0v) is 14.2. The largest absolute Gasteiger partial charge is 0.323 e. The highest BCUT2D eigenvalue weighted by Gasteiger charge is 2.29. The Labute approximate surface area is 130 Å². The van der Waals surface area contributed by atoms with E-state index in [1.807, 2.05) is 0 Å². The number of piperidine rings is 1. The van der Waals surface area contributed by atoms with E-state index in [0.717, 1.165) is 24.8 Å². The predicted molar refractivity (Wildman–Crippen MR) is 91.3 cm³/mol. The lowest BCUT2D eigenvalue weighted by molar-refractivity contribution is 0.0742. The number of benzene rings is 1. The lowest BCUT2D eigenvalue weighted by Gasteiger charge is -2.42. The molecule has 2 rings (SSSR count). The van der Waals surface area contributed by atoms with E-state index in [0.29, 0.717) is 6.04 Å². The zero-order valence-electron chi connectivity index (χ0n) is 14.2. The summed E-state index contributed by atoms with van der Waals surface area (Å²) in [6, 6.07) is 9.69. The summed E-state index contributed by atoms with van der Waals surface area (Å²) in [5.41, 5.74) is 9.15. The van der Waals surface area contributed by atoms with Crippen LogP contribution in [0.25, 0.3) is 0 Å². The predicted octanol–water partition coefficient (Wildman–Crippen LogP) is 4.01. The number of hydrogen-bond acceptors (Lipinski definition) is 2. The van der Waals surface area contributed by atoms with E-state index in [9.17, 15) is 0 Å². The maximum atomic E-state index is 6.46. The van der Waals surface area contributed by atoms with E-state index >= 15 is 0 Å². The number of aryl methyl sites for hydroxylation is 1. The van der Waals surface area contributed by atoms with Gasteiger partial charge >= 0.3 is 0 Å². The van der Waals surface area contributed by atoms with Gasteiger partial charge < -0.3 is 5.73 Å². The van der Waals surface area contributed by atoms with E-state index in [4.69, 9.17) is 5.73 Å². The van der Waals surface area contributed by atoms with Crippen LogP contribution in [0.4, 0.5) is 0 Å². The minimum atomic E-state index is 0.126. The number of nitrogens with two attached hydrogens (primary N) is 1. The Morgan fingerprint density at radius 2 is 1.86 bits per heavy atom. The van der Waals surface area contributed by atoms with Crippen LogP contribution in [-0.4, -0.2) is 24.0 Å². The van der Waals surface area contributed by atoms with E-state index in [1.54, 1.807) is 0 Å². The molecule has 118 valence electrons. The molecule has 4 unspecified atom stereocenters. The molecule has 1 saturated heterocycles. The van der Waals surface area contributed by atoms with Gasteiger partial charge in [-0.15, -0.1) is 0 Å². The van der Waals surface area contributed by atoms with Crippen molar-refractivity contribution >= 4 is 0 Å². The molecule has 0 aromatic heterocycles. The highest BCUT2D eigenvalue weighted by Crippen LogP contribution is 2.28. The van der Waals surface area contributed by atoms with Crippen molar-refractivity contribution in [1.82, 2.24) is 4.90 Å². The SMILES string of the molecule is CCCc1ccc(C(N)CN2CC(C)CC(C)C2C)cc1. The molecule has 1 aromatic rings. The molecule has 0 radical (unpaired) electrons. The Kier molecular flexibility index (Phi) is 5.83. The van der Waals surface area contributed by atoms with Gasteiger partial charge in [0.05, 0.1) is 0 Å². The molecule has 2 N–H and O–H groups in total. The lowest BCUT2D eigenvalue weighted by atomic mass is 9.85. The zero-order chi connectivity index (χ0) is 15.4. The van der Waals surface area contributed by atoms with Gasteiger partial charge in [-0.25, -0.2) is 0 Å². The van der Waals surface area contributed by atoms with Gasteiger partial charge in [0.15, 0.2) is 0 Å². The average Bonchev–Trinajstić information content (AvgIpc) is 2.45. The van der Waals surface area contributed by atoms with E-state index in [1.165, 1.54) is 30.5 Å². The van der Waals surface area contributed by atoms with Crippen molar-refractivity contribution in [2.24, 2.45) is 17.6 Å². The minimum Gasteiger partial charge on any atom is -0.323 e. The smallest absolute Gasteiger partial charge is 0.0424 e. The first kappa shape index (κ1) is 16.5. The summed E-state index contributed by atoms with van der Waals surface area (Å²) >= 11 is 0. The van der Waals surface area contributed by atoms with Crippen molar-refractivity contribution in [1.29, 1.82) is 0 Å². The molecular formula is C19H32N2. The molecule has 1 aliphatic heterocycles. The Morgan fingerprint density at radius 1 is 1.19 bits per heavy atom. The monoisotopic (exact) mass is 288 g/mol. The van der Waals surface area contributed by atoms with Gasteiger partial charge in [0.25, 0.3) is 0 Å². The van der Waals surface area contributed by atoms with Crippen LogP contribution in [-0.2, 0) is 6.42 Å². The third-order valence-corrected chi connectivity index (χ3v) is 5.10. The first-order chi connectivity index (χ1) is 10.0. The van der Waals surface area contributed by atoms with Crippen molar-refractivity contribution in [3.05, 3.63) is 35.4 Å². The van der Waals surface area contributed by atoms with Crippen LogP contribution in [0.15, 0.2) is 24.3 Å². The first-order valence-corrected chi connectivity index (χ1v) is 8.59. The van der Waals surface area contributed by atoms with Crippen molar-refractivity contribution in [2.45, 2.75) is 59.0 Å². The van der Waals surface area contributed by atoms with Crippen LogP contribution >= 0.6 is 0 Å². The maximum absolute atomic E-state index is 6.46. The molecule has 2 heteroatoms. The summed E-state index contributed by atoms with van der Waals surface area (Å²) in [5, 5.41) is 0. The second kappa shape index (κ2) is 7.42. The summed E-state index contributed by atoms with van der Waals surface area (Å²) < 4.78 is 0. The van der Waals surface area contributed by atoms with Crippen LogP contribution in [0.2, 0.25) is 0 Å². The van der Waals surface area contributed by atoms with Gasteiger partial charge in [-0.05, 0) is 42.7 Å². The fraction of sp³-hybridized carbons (Fsp3) is 0.684.